The number of nitrogens with zero attached hydrogens (tertiary/aromatic N) is 1. The van der Waals surface area contributed by atoms with Crippen molar-refractivity contribution in [3.05, 3.63) is 65.8 Å². The zero-order valence-electron chi connectivity index (χ0n) is 12.6. The number of carboxylic acids is 1. The molecule has 8 heteroatoms. The van der Waals surface area contributed by atoms with Crippen molar-refractivity contribution >= 4 is 39.8 Å². The van der Waals surface area contributed by atoms with Crippen LogP contribution in [0, 0.1) is 0 Å². The van der Waals surface area contributed by atoms with Gasteiger partial charge in [0.05, 0.1) is 0 Å². The first-order chi connectivity index (χ1) is 11.8. The lowest BCUT2D eigenvalue weighted by Crippen LogP contribution is -2.21. The van der Waals surface area contributed by atoms with E-state index in [0.29, 0.717) is 5.02 Å². The number of carbonyl (C=O) groups is 1. The van der Waals surface area contributed by atoms with E-state index in [9.17, 15) is 13.2 Å². The Balaban J connectivity index is 0.000000277. The number of pyridine rings is 1. The number of alkyl halides is 3. The SMILES string of the molecule is Clc1cccc(Nc2nccc3ccccc23)c1.O=C(O)C(F)(F)F. The van der Waals surface area contributed by atoms with Gasteiger partial charge in [0.25, 0.3) is 0 Å². The monoisotopic (exact) mass is 368 g/mol. The number of aromatic nitrogens is 1. The number of fused-ring (bicyclic) bond motifs is 1. The Labute approximate surface area is 145 Å². The van der Waals surface area contributed by atoms with Crippen LogP contribution >= 0.6 is 11.6 Å². The first kappa shape index (κ1) is 18.5. The molecule has 0 radical (unpaired) electrons. The van der Waals surface area contributed by atoms with Crippen LogP contribution in [0.2, 0.25) is 5.02 Å². The summed E-state index contributed by atoms with van der Waals surface area (Å²) in [4.78, 5) is 13.3. The maximum atomic E-state index is 10.6. The quantitative estimate of drug-likeness (QED) is 0.647. The van der Waals surface area contributed by atoms with E-state index in [4.69, 9.17) is 21.5 Å². The van der Waals surface area contributed by atoms with Crippen molar-refractivity contribution in [2.75, 3.05) is 5.32 Å². The molecule has 0 fully saturated rings. The minimum absolute atomic E-state index is 0.709. The molecule has 4 nitrogen and oxygen atoms in total. The van der Waals surface area contributed by atoms with Gasteiger partial charge in [0, 0.05) is 22.3 Å². The Bertz CT molecular complexity index is 880. The van der Waals surface area contributed by atoms with Crippen molar-refractivity contribution in [1.82, 2.24) is 4.98 Å². The number of hydrogen-bond donors (Lipinski definition) is 2. The Morgan fingerprint density at radius 2 is 1.76 bits per heavy atom. The first-order valence-electron chi connectivity index (χ1n) is 6.94. The molecule has 25 heavy (non-hydrogen) atoms. The highest BCUT2D eigenvalue weighted by Gasteiger charge is 2.38. The summed E-state index contributed by atoms with van der Waals surface area (Å²) in [6, 6.07) is 17.8. The van der Waals surface area contributed by atoms with E-state index in [1.807, 2.05) is 42.5 Å². The van der Waals surface area contributed by atoms with Crippen LogP contribution in [0.5, 0.6) is 0 Å². The number of carboxylic acid groups (broad SMARTS) is 1. The van der Waals surface area contributed by atoms with Crippen molar-refractivity contribution in [2.45, 2.75) is 6.18 Å². The first-order valence-corrected chi connectivity index (χ1v) is 7.31. The zero-order valence-corrected chi connectivity index (χ0v) is 13.3. The average Bonchev–Trinajstić information content (AvgIpc) is 2.55. The molecule has 2 N–H and O–H groups in total. The van der Waals surface area contributed by atoms with Crippen LogP contribution in [0.3, 0.4) is 0 Å². The van der Waals surface area contributed by atoms with Crippen LogP contribution in [0.25, 0.3) is 10.8 Å². The summed E-state index contributed by atoms with van der Waals surface area (Å²) in [6.07, 6.45) is -3.28. The number of rotatable bonds is 2. The summed E-state index contributed by atoms with van der Waals surface area (Å²) >= 11 is 5.97. The van der Waals surface area contributed by atoms with Gasteiger partial charge in [0.15, 0.2) is 0 Å². The number of aliphatic carboxylic acids is 1. The fraction of sp³-hybridized carbons (Fsp3) is 0.0588. The fourth-order valence-electron chi connectivity index (χ4n) is 1.92. The Morgan fingerprint density at radius 1 is 1.08 bits per heavy atom. The molecule has 0 bridgehead atoms. The lowest BCUT2D eigenvalue weighted by Gasteiger charge is -2.08. The standard InChI is InChI=1S/C15H11ClN2.C2HF3O2/c16-12-5-3-6-13(10-12)18-15-14-7-2-1-4-11(14)8-9-17-15;3-2(4,5)1(6)7/h1-10H,(H,17,18);(H,6,7). The number of halogens is 4. The van der Waals surface area contributed by atoms with Gasteiger partial charge >= 0.3 is 12.1 Å². The van der Waals surface area contributed by atoms with Crippen LogP contribution < -0.4 is 5.32 Å². The van der Waals surface area contributed by atoms with Crippen LogP contribution in [0.4, 0.5) is 24.7 Å². The molecule has 0 aliphatic heterocycles. The molecule has 2 aromatic carbocycles. The van der Waals surface area contributed by atoms with E-state index in [1.165, 1.54) is 0 Å². The maximum Gasteiger partial charge on any atom is 0.490 e. The zero-order chi connectivity index (χ0) is 18.4. The van der Waals surface area contributed by atoms with Gasteiger partial charge in [-0.05, 0) is 29.7 Å². The van der Waals surface area contributed by atoms with Gasteiger partial charge in [0.2, 0.25) is 0 Å². The van der Waals surface area contributed by atoms with Gasteiger partial charge < -0.3 is 10.4 Å². The number of hydrogen-bond acceptors (Lipinski definition) is 3. The van der Waals surface area contributed by atoms with Crippen LogP contribution in [0.1, 0.15) is 0 Å². The number of nitrogens with one attached hydrogen (secondary N) is 1. The van der Waals surface area contributed by atoms with E-state index in [2.05, 4.69) is 22.4 Å². The van der Waals surface area contributed by atoms with Crippen LogP contribution in [-0.2, 0) is 4.79 Å². The van der Waals surface area contributed by atoms with Crippen molar-refractivity contribution < 1.29 is 23.1 Å². The predicted molar refractivity (Wildman–Crippen MR) is 90.2 cm³/mol. The van der Waals surface area contributed by atoms with E-state index >= 15 is 0 Å². The summed E-state index contributed by atoms with van der Waals surface area (Å²) in [5.74, 6) is -1.91. The summed E-state index contributed by atoms with van der Waals surface area (Å²) in [6.45, 7) is 0. The smallest absolute Gasteiger partial charge is 0.475 e. The number of anilines is 2. The molecule has 3 aromatic rings. The molecule has 0 atom stereocenters. The Hall–Kier alpha value is -2.80. The van der Waals surface area contributed by atoms with E-state index in [-0.39, 0.29) is 0 Å². The number of benzene rings is 2. The largest absolute Gasteiger partial charge is 0.490 e. The third-order valence-corrected chi connectivity index (χ3v) is 3.24. The van der Waals surface area contributed by atoms with Crippen LogP contribution in [-0.4, -0.2) is 22.2 Å². The van der Waals surface area contributed by atoms with Crippen molar-refractivity contribution in [1.29, 1.82) is 0 Å². The van der Waals surface area contributed by atoms with E-state index < -0.39 is 12.1 Å². The molecule has 0 unspecified atom stereocenters. The van der Waals surface area contributed by atoms with E-state index in [1.54, 1.807) is 6.20 Å². The third-order valence-electron chi connectivity index (χ3n) is 3.00. The molecular weight excluding hydrogens is 357 g/mol. The fourth-order valence-corrected chi connectivity index (χ4v) is 2.11. The second kappa shape index (κ2) is 7.85. The van der Waals surface area contributed by atoms with Gasteiger partial charge in [-0.3, -0.25) is 0 Å². The van der Waals surface area contributed by atoms with Gasteiger partial charge in [-0.25, -0.2) is 9.78 Å². The third kappa shape index (κ3) is 5.36. The maximum absolute atomic E-state index is 10.6. The molecule has 0 amide bonds. The molecular formula is C17H12ClF3N2O2. The summed E-state index contributed by atoms with van der Waals surface area (Å²) in [7, 11) is 0. The average molecular weight is 369 g/mol. The Morgan fingerprint density at radius 3 is 2.40 bits per heavy atom. The highest BCUT2D eigenvalue weighted by Crippen LogP contribution is 2.25. The second-order valence-electron chi connectivity index (χ2n) is 4.82. The minimum Gasteiger partial charge on any atom is -0.475 e. The molecule has 1 aromatic heterocycles. The molecule has 0 spiro atoms. The molecule has 130 valence electrons. The highest BCUT2D eigenvalue weighted by atomic mass is 35.5. The molecule has 0 aliphatic rings. The van der Waals surface area contributed by atoms with Crippen molar-refractivity contribution in [3.63, 3.8) is 0 Å². The second-order valence-corrected chi connectivity index (χ2v) is 5.26. The highest BCUT2D eigenvalue weighted by molar-refractivity contribution is 6.30. The van der Waals surface area contributed by atoms with E-state index in [0.717, 1.165) is 22.3 Å². The van der Waals surface area contributed by atoms with Gasteiger partial charge in [-0.1, -0.05) is 41.9 Å². The molecule has 1 heterocycles. The minimum atomic E-state index is -5.08. The van der Waals surface area contributed by atoms with Gasteiger partial charge in [0.1, 0.15) is 5.82 Å². The molecule has 0 saturated heterocycles. The lowest BCUT2D eigenvalue weighted by molar-refractivity contribution is -0.192. The van der Waals surface area contributed by atoms with Crippen LogP contribution in [0.15, 0.2) is 60.8 Å². The summed E-state index contributed by atoms with van der Waals surface area (Å²) in [5, 5.41) is 13.4. The summed E-state index contributed by atoms with van der Waals surface area (Å²) in [5.41, 5.74) is 0.936. The van der Waals surface area contributed by atoms with Gasteiger partial charge in [-0.2, -0.15) is 13.2 Å². The van der Waals surface area contributed by atoms with Crippen molar-refractivity contribution in [2.24, 2.45) is 0 Å². The van der Waals surface area contributed by atoms with Gasteiger partial charge in [-0.15, -0.1) is 0 Å². The Kier molecular flexibility index (Phi) is 5.82. The van der Waals surface area contributed by atoms with Crippen molar-refractivity contribution in [3.8, 4) is 0 Å². The summed E-state index contributed by atoms with van der Waals surface area (Å²) < 4.78 is 31.7. The molecule has 3 rings (SSSR count). The topological polar surface area (TPSA) is 62.2 Å². The lowest BCUT2D eigenvalue weighted by atomic mass is 10.1. The molecule has 0 saturated carbocycles. The predicted octanol–water partition coefficient (Wildman–Crippen LogP) is 5.27. The normalized spacial score (nSPS) is 10.7. The molecule has 0 aliphatic carbocycles.